The summed E-state index contributed by atoms with van der Waals surface area (Å²) in [6.07, 6.45) is 4.54. The van der Waals surface area contributed by atoms with Crippen LogP contribution in [-0.4, -0.2) is 4.98 Å². The van der Waals surface area contributed by atoms with Gasteiger partial charge in [0, 0.05) is 16.8 Å². The van der Waals surface area contributed by atoms with E-state index >= 15 is 0 Å². The van der Waals surface area contributed by atoms with Gasteiger partial charge in [0.1, 0.15) is 0 Å². The minimum Gasteiger partial charge on any atom is -0.323 e. The molecule has 1 unspecified atom stereocenters. The zero-order chi connectivity index (χ0) is 12.6. The first-order valence-corrected chi connectivity index (χ1v) is 7.53. The van der Waals surface area contributed by atoms with Crippen LogP contribution in [0.5, 0.6) is 0 Å². The summed E-state index contributed by atoms with van der Waals surface area (Å²) in [4.78, 5) is 6.23. The van der Waals surface area contributed by atoms with Crippen molar-refractivity contribution in [3.05, 3.63) is 15.6 Å². The molecule has 2 nitrogen and oxygen atoms in total. The van der Waals surface area contributed by atoms with Crippen LogP contribution in [-0.2, 0) is 6.42 Å². The first kappa shape index (κ1) is 13.0. The van der Waals surface area contributed by atoms with Gasteiger partial charge in [-0.15, -0.1) is 11.3 Å². The van der Waals surface area contributed by atoms with Gasteiger partial charge < -0.3 is 5.73 Å². The molecule has 1 heterocycles. The average molecular weight is 252 g/mol. The minimum atomic E-state index is 0.203. The summed E-state index contributed by atoms with van der Waals surface area (Å²) < 4.78 is 0. The first-order valence-electron chi connectivity index (χ1n) is 6.72. The van der Waals surface area contributed by atoms with Crippen molar-refractivity contribution < 1.29 is 0 Å². The Kier molecular flexibility index (Phi) is 3.60. The van der Waals surface area contributed by atoms with Gasteiger partial charge in [0.15, 0.2) is 0 Å². The van der Waals surface area contributed by atoms with Crippen LogP contribution < -0.4 is 5.73 Å². The van der Waals surface area contributed by atoms with E-state index in [1.165, 1.54) is 28.4 Å². The molecule has 0 saturated heterocycles. The fourth-order valence-corrected chi connectivity index (χ4v) is 4.18. The number of hydrogen-bond donors (Lipinski definition) is 1. The van der Waals surface area contributed by atoms with Gasteiger partial charge in [0.25, 0.3) is 0 Å². The predicted octanol–water partition coefficient (Wildman–Crippen LogP) is 4.02. The summed E-state index contributed by atoms with van der Waals surface area (Å²) in [5, 5.41) is 1.31. The fraction of sp³-hybridized carbons (Fsp3) is 0.786. The van der Waals surface area contributed by atoms with Crippen molar-refractivity contribution in [3.8, 4) is 0 Å². The van der Waals surface area contributed by atoms with Crippen LogP contribution >= 0.6 is 11.3 Å². The number of nitrogens with zero attached hydrogens (tertiary/aromatic N) is 1. The summed E-state index contributed by atoms with van der Waals surface area (Å²) in [6.45, 7) is 9.09. The van der Waals surface area contributed by atoms with Crippen LogP contribution in [0.4, 0.5) is 0 Å². The largest absolute Gasteiger partial charge is 0.323 e. The number of aromatic nitrogens is 1. The lowest BCUT2D eigenvalue weighted by molar-refractivity contribution is 0.282. The molecule has 1 aliphatic carbocycles. The maximum Gasteiger partial charge on any atom is 0.0962 e. The summed E-state index contributed by atoms with van der Waals surface area (Å²) in [5.41, 5.74) is 7.88. The molecule has 3 heteroatoms. The maximum atomic E-state index is 6.29. The van der Waals surface area contributed by atoms with E-state index in [0.29, 0.717) is 11.3 Å². The Bertz CT molecular complexity index is 391. The number of hydrogen-bond acceptors (Lipinski definition) is 3. The monoisotopic (exact) mass is 252 g/mol. The lowest BCUT2D eigenvalue weighted by Crippen LogP contribution is -2.28. The summed E-state index contributed by atoms with van der Waals surface area (Å²) >= 11 is 1.87. The van der Waals surface area contributed by atoms with Crippen molar-refractivity contribution in [1.29, 1.82) is 0 Å². The summed E-state index contributed by atoms with van der Waals surface area (Å²) in [5.74, 6) is 0.626. The van der Waals surface area contributed by atoms with E-state index in [1.807, 2.05) is 11.3 Å². The Labute approximate surface area is 109 Å². The number of rotatable bonds is 3. The molecule has 0 radical (unpaired) electrons. The molecule has 0 amide bonds. The molecule has 0 bridgehead atoms. The van der Waals surface area contributed by atoms with E-state index in [9.17, 15) is 0 Å². The van der Waals surface area contributed by atoms with Crippen LogP contribution in [0.1, 0.15) is 74.5 Å². The second-order valence-electron chi connectivity index (χ2n) is 6.03. The summed E-state index contributed by atoms with van der Waals surface area (Å²) in [7, 11) is 0. The van der Waals surface area contributed by atoms with Gasteiger partial charge in [-0.3, -0.25) is 0 Å². The molecule has 1 atom stereocenters. The molecule has 1 aliphatic rings. The molecule has 0 aromatic carbocycles. The molecule has 2 N–H and O–H groups in total. The third kappa shape index (κ3) is 2.55. The Balaban J connectivity index is 2.32. The third-order valence-electron chi connectivity index (χ3n) is 3.83. The Morgan fingerprint density at radius 3 is 2.65 bits per heavy atom. The lowest BCUT2D eigenvalue weighted by atomic mass is 9.77. The Hall–Kier alpha value is -0.410. The number of fused-ring (bicyclic) bond motifs is 1. The van der Waals surface area contributed by atoms with Crippen LogP contribution in [0.25, 0.3) is 0 Å². The molecule has 0 fully saturated rings. The SMILES string of the molecule is CCC(CC)c1nc2c(s1)C(N)CC(C)(C)C2. The predicted molar refractivity (Wildman–Crippen MR) is 74.5 cm³/mol. The Morgan fingerprint density at radius 2 is 2.06 bits per heavy atom. The van der Waals surface area contributed by atoms with E-state index in [2.05, 4.69) is 27.7 Å². The van der Waals surface area contributed by atoms with E-state index in [4.69, 9.17) is 10.7 Å². The van der Waals surface area contributed by atoms with Crippen molar-refractivity contribution in [2.24, 2.45) is 11.1 Å². The smallest absolute Gasteiger partial charge is 0.0962 e. The van der Waals surface area contributed by atoms with Gasteiger partial charge in [-0.2, -0.15) is 0 Å². The molecular weight excluding hydrogens is 228 g/mol. The van der Waals surface area contributed by atoms with Crippen molar-refractivity contribution >= 4 is 11.3 Å². The van der Waals surface area contributed by atoms with E-state index in [0.717, 1.165) is 12.8 Å². The topological polar surface area (TPSA) is 38.9 Å². The van der Waals surface area contributed by atoms with Crippen molar-refractivity contribution in [2.75, 3.05) is 0 Å². The van der Waals surface area contributed by atoms with Crippen LogP contribution in [0.3, 0.4) is 0 Å². The van der Waals surface area contributed by atoms with Gasteiger partial charge >= 0.3 is 0 Å². The summed E-state index contributed by atoms with van der Waals surface area (Å²) in [6, 6.07) is 0.203. The van der Waals surface area contributed by atoms with E-state index < -0.39 is 0 Å². The highest BCUT2D eigenvalue weighted by molar-refractivity contribution is 7.12. The zero-order valence-corrected chi connectivity index (χ0v) is 12.2. The molecule has 96 valence electrons. The van der Waals surface area contributed by atoms with E-state index in [1.54, 1.807) is 0 Å². The number of nitrogens with two attached hydrogens (primary N) is 1. The average Bonchev–Trinajstić information content (AvgIpc) is 2.61. The normalized spacial score (nSPS) is 22.8. The molecule has 2 rings (SSSR count). The van der Waals surface area contributed by atoms with Gasteiger partial charge in [-0.1, -0.05) is 27.7 Å². The van der Waals surface area contributed by atoms with Gasteiger partial charge in [-0.05, 0) is 31.1 Å². The van der Waals surface area contributed by atoms with Crippen LogP contribution in [0.15, 0.2) is 0 Å². The maximum absolute atomic E-state index is 6.29. The van der Waals surface area contributed by atoms with Crippen LogP contribution in [0, 0.1) is 5.41 Å². The highest BCUT2D eigenvalue weighted by Crippen LogP contribution is 2.43. The molecule has 0 aliphatic heterocycles. The molecule has 0 saturated carbocycles. The number of thiazole rings is 1. The van der Waals surface area contributed by atoms with Crippen LogP contribution in [0.2, 0.25) is 0 Å². The molecule has 0 spiro atoms. The van der Waals surface area contributed by atoms with Crippen molar-refractivity contribution in [3.63, 3.8) is 0 Å². The molecular formula is C14H24N2S. The lowest BCUT2D eigenvalue weighted by Gasteiger charge is -2.32. The second kappa shape index (κ2) is 4.69. The molecule has 17 heavy (non-hydrogen) atoms. The highest BCUT2D eigenvalue weighted by Gasteiger charge is 2.33. The standard InChI is InChI=1S/C14H24N2S/c1-5-9(6-2)13-16-11-8-14(3,4)7-10(15)12(11)17-13/h9-10H,5-8,15H2,1-4H3. The Morgan fingerprint density at radius 1 is 1.41 bits per heavy atom. The van der Waals surface area contributed by atoms with Gasteiger partial charge in [-0.25, -0.2) is 4.98 Å². The van der Waals surface area contributed by atoms with Crippen molar-refractivity contribution in [2.45, 2.75) is 65.3 Å². The second-order valence-corrected chi connectivity index (χ2v) is 7.09. The first-order chi connectivity index (χ1) is 7.96. The molecule has 1 aromatic rings. The van der Waals surface area contributed by atoms with E-state index in [-0.39, 0.29) is 6.04 Å². The quantitative estimate of drug-likeness (QED) is 0.882. The fourth-order valence-electron chi connectivity index (χ4n) is 2.82. The van der Waals surface area contributed by atoms with Crippen molar-refractivity contribution in [1.82, 2.24) is 4.98 Å². The minimum absolute atomic E-state index is 0.203. The highest BCUT2D eigenvalue weighted by atomic mass is 32.1. The third-order valence-corrected chi connectivity index (χ3v) is 5.23. The zero-order valence-electron chi connectivity index (χ0n) is 11.4. The van der Waals surface area contributed by atoms with Gasteiger partial charge in [0.05, 0.1) is 10.7 Å². The van der Waals surface area contributed by atoms with Gasteiger partial charge in [0.2, 0.25) is 0 Å². The molecule has 1 aromatic heterocycles.